The number of esters is 1. The van der Waals surface area contributed by atoms with Crippen LogP contribution in [0.3, 0.4) is 0 Å². The van der Waals surface area contributed by atoms with Crippen LogP contribution in [0.4, 0.5) is 15.3 Å². The Hall–Kier alpha value is -7.03. The molecule has 9 N–H and O–H groups in total. The topological polar surface area (TPSA) is 350 Å². The molecule has 4 heterocycles. The van der Waals surface area contributed by atoms with Crippen LogP contribution in [0.15, 0.2) is 72.4 Å². The summed E-state index contributed by atoms with van der Waals surface area (Å²) in [4.78, 5) is 122. The maximum Gasteiger partial charge on any atom is 0.415 e. The number of cyclic esters (lactones) is 1. The molecule has 90 heavy (non-hydrogen) atoms. The van der Waals surface area contributed by atoms with E-state index in [1.165, 1.54) is 53.1 Å². The van der Waals surface area contributed by atoms with Crippen molar-refractivity contribution in [3.8, 4) is 5.75 Å². The standard InChI is InChI=1S/C65H98N8O17/c1-10-49(75)44(6)59-50(88-59)40-64(7,85)30-16-17-42(4)58-43(5)21-26-51(65(8,86)31-29-46(74)39-56(80)90-58)89-63(84)72-37-35-71(36-38-72)34-33-70(9)62(83)87-47-24-22-45(23-25-47)67-60(81)48(18-13-14-19-52(66)76)68-61(82)57(41(2)3)69-53(77)20-12-11-15-32-73-54(78)27-28-55(73)79/h16-17,21-28,30,41,43-44,46,48-51,57-59,74-75,85-86H,10-15,18-20,29,31-40H2,1-9H3,(H2,66,76)(H,67,81)(H,68,82)(H,69,77)/b26-21+,30-16+,42-17+/t43-,44+,46+,48-,49-,50+,51-,57-,58+,59+,64-,65+/m0/s1. The minimum atomic E-state index is -1.63. The number of hydrogen-bond donors (Lipinski definition) is 8. The van der Waals surface area contributed by atoms with Crippen molar-refractivity contribution in [1.82, 2.24) is 30.2 Å². The molecule has 12 atom stereocenters. The van der Waals surface area contributed by atoms with E-state index in [1.807, 2.05) is 20.8 Å². The zero-order valence-corrected chi connectivity index (χ0v) is 53.8. The van der Waals surface area contributed by atoms with Crippen molar-refractivity contribution in [1.29, 1.82) is 0 Å². The highest BCUT2D eigenvalue weighted by Crippen LogP contribution is 2.38. The molecule has 0 saturated carbocycles. The minimum absolute atomic E-state index is 0.000572. The van der Waals surface area contributed by atoms with Crippen molar-refractivity contribution in [2.24, 2.45) is 23.5 Å². The number of unbranched alkanes of at least 4 members (excludes halogenated alkanes) is 3. The third kappa shape index (κ3) is 24.0. The van der Waals surface area contributed by atoms with Crippen LogP contribution in [0.2, 0.25) is 0 Å². The molecule has 0 spiro atoms. The third-order valence-electron chi connectivity index (χ3n) is 16.9. The van der Waals surface area contributed by atoms with Gasteiger partial charge in [0, 0.05) is 102 Å². The smallest absolute Gasteiger partial charge is 0.415 e. The van der Waals surface area contributed by atoms with E-state index in [-0.39, 0.29) is 112 Å². The van der Waals surface area contributed by atoms with Crippen molar-refractivity contribution in [3.05, 3.63) is 72.4 Å². The number of amides is 8. The summed E-state index contributed by atoms with van der Waals surface area (Å²) in [6.45, 7) is 16.6. The van der Waals surface area contributed by atoms with Gasteiger partial charge in [0.05, 0.1) is 36.4 Å². The van der Waals surface area contributed by atoms with Gasteiger partial charge in [-0.25, -0.2) is 9.59 Å². The lowest BCUT2D eigenvalue weighted by Crippen LogP contribution is -2.54. The summed E-state index contributed by atoms with van der Waals surface area (Å²) >= 11 is 0. The number of nitrogens with two attached hydrogens (primary N) is 1. The fourth-order valence-electron chi connectivity index (χ4n) is 10.9. The number of primary amides is 1. The number of piperazine rings is 1. The molecular formula is C65H98N8O17. The molecule has 500 valence electrons. The highest BCUT2D eigenvalue weighted by Gasteiger charge is 2.47. The molecule has 4 aliphatic rings. The maximum atomic E-state index is 13.8. The van der Waals surface area contributed by atoms with Gasteiger partial charge in [-0.3, -0.25) is 43.4 Å². The Morgan fingerprint density at radius 2 is 1.59 bits per heavy atom. The summed E-state index contributed by atoms with van der Waals surface area (Å²) in [7, 11) is 1.59. The zero-order chi connectivity index (χ0) is 66.5. The van der Waals surface area contributed by atoms with Crippen molar-refractivity contribution in [2.75, 3.05) is 58.2 Å². The number of aliphatic hydroxyl groups is 4. The maximum absolute atomic E-state index is 13.8. The minimum Gasteiger partial charge on any atom is -0.457 e. The lowest BCUT2D eigenvalue weighted by molar-refractivity contribution is -0.151. The molecule has 0 aromatic heterocycles. The van der Waals surface area contributed by atoms with E-state index in [4.69, 9.17) is 24.7 Å². The number of hydrogen-bond acceptors (Lipinski definition) is 18. The normalized spacial score (nSPS) is 25.0. The van der Waals surface area contributed by atoms with Gasteiger partial charge in [-0.1, -0.05) is 71.8 Å². The molecule has 2 fully saturated rings. The first kappa shape index (κ1) is 73.7. The lowest BCUT2D eigenvalue weighted by Gasteiger charge is -2.37. The van der Waals surface area contributed by atoms with E-state index in [0.29, 0.717) is 75.8 Å². The molecule has 1 aromatic carbocycles. The van der Waals surface area contributed by atoms with E-state index < -0.39 is 89.5 Å². The first-order valence-corrected chi connectivity index (χ1v) is 31.6. The predicted molar refractivity (Wildman–Crippen MR) is 334 cm³/mol. The molecule has 25 nitrogen and oxygen atoms in total. The molecule has 1 aromatic rings. The Labute approximate surface area is 528 Å². The van der Waals surface area contributed by atoms with Crippen LogP contribution in [0.25, 0.3) is 0 Å². The van der Waals surface area contributed by atoms with Crippen LogP contribution in [0.1, 0.15) is 139 Å². The fraction of sp³-hybridized carbons (Fsp3) is 0.646. The van der Waals surface area contributed by atoms with Gasteiger partial charge < -0.3 is 70.9 Å². The number of benzene rings is 1. The SMILES string of the molecule is CC[C@H](O)[C@@H](C)[C@H]1O[C@@H]1C[C@@](C)(O)/C=C/C=C(\C)[C@H]1OC(=O)C[C@H](O)CC[C@@](C)(O)[C@@H](OC(=O)N2CCN(CCN(C)C(=O)Oc3ccc(NC(=O)[C@H](CCCCC(N)=O)NC(=O)[C@@H](NC(=O)CCCCCN4C(=O)C=CC4=O)C(C)C)cc3)CC2)/C=C/[C@@H]1C. The van der Waals surface area contributed by atoms with E-state index in [2.05, 4.69) is 20.9 Å². The molecule has 25 heteroatoms. The Balaban J connectivity index is 1.09. The second-order valence-electron chi connectivity index (χ2n) is 25.2. The van der Waals surface area contributed by atoms with Gasteiger partial charge in [0.25, 0.3) is 11.8 Å². The number of carbonyl (C=O) groups excluding carboxylic acids is 9. The van der Waals surface area contributed by atoms with Crippen LogP contribution >= 0.6 is 0 Å². The number of imide groups is 1. The van der Waals surface area contributed by atoms with E-state index in [1.54, 1.807) is 65.1 Å². The van der Waals surface area contributed by atoms with Crippen LogP contribution in [0, 0.1) is 17.8 Å². The van der Waals surface area contributed by atoms with Gasteiger partial charge >= 0.3 is 18.2 Å². The average molecular weight is 1260 g/mol. The third-order valence-corrected chi connectivity index (χ3v) is 16.9. The quantitative estimate of drug-likeness (QED) is 0.0131. The number of anilines is 1. The molecule has 5 rings (SSSR count). The highest BCUT2D eigenvalue weighted by molar-refractivity contribution is 6.12. The summed E-state index contributed by atoms with van der Waals surface area (Å²) in [5.74, 6) is -4.08. The Morgan fingerprint density at radius 3 is 2.23 bits per heavy atom. The predicted octanol–water partition coefficient (Wildman–Crippen LogP) is 4.55. The molecule has 0 radical (unpaired) electrons. The van der Waals surface area contributed by atoms with Gasteiger partial charge in [-0.05, 0) is 108 Å². The molecule has 0 aliphatic carbocycles. The Bertz CT molecular complexity index is 2720. The first-order chi connectivity index (χ1) is 42.5. The van der Waals surface area contributed by atoms with Crippen molar-refractivity contribution in [2.45, 2.75) is 199 Å². The van der Waals surface area contributed by atoms with Crippen molar-refractivity contribution >= 4 is 59.3 Å². The van der Waals surface area contributed by atoms with Crippen molar-refractivity contribution < 1.29 is 82.5 Å². The summed E-state index contributed by atoms with van der Waals surface area (Å²) in [6, 6.07) is 4.02. The number of likely N-dealkylation sites (N-methyl/N-ethyl adjacent to an activating group) is 1. The average Bonchev–Trinajstić information content (AvgIpc) is 3.65. The molecule has 4 aliphatic heterocycles. The van der Waals surface area contributed by atoms with Gasteiger partial charge in [0.15, 0.2) is 6.10 Å². The van der Waals surface area contributed by atoms with Crippen LogP contribution < -0.4 is 26.4 Å². The number of carbonyl (C=O) groups is 9. The number of aliphatic hydroxyl groups excluding tert-OH is 2. The van der Waals surface area contributed by atoms with Gasteiger partial charge in [-0.15, -0.1) is 0 Å². The molecule has 0 bridgehead atoms. The van der Waals surface area contributed by atoms with Gasteiger partial charge in [-0.2, -0.15) is 0 Å². The second kappa shape index (κ2) is 35.0. The molecule has 2 saturated heterocycles. The Morgan fingerprint density at radius 1 is 0.922 bits per heavy atom. The molecule has 8 amide bonds. The highest BCUT2D eigenvalue weighted by atomic mass is 16.6. The number of allylic oxidation sites excluding steroid dienone is 2. The number of ether oxygens (including phenoxy) is 4. The van der Waals surface area contributed by atoms with Crippen LogP contribution in [-0.2, 0) is 47.8 Å². The number of nitrogens with zero attached hydrogens (tertiary/aromatic N) is 4. The molecular weight excluding hydrogens is 1160 g/mol. The largest absolute Gasteiger partial charge is 0.457 e. The summed E-state index contributed by atoms with van der Waals surface area (Å²) in [6.07, 6.45) is 8.86. The molecule has 0 unspecified atom stereocenters. The van der Waals surface area contributed by atoms with E-state index in [9.17, 15) is 63.6 Å². The Kier molecular flexibility index (Phi) is 28.6. The fourth-order valence-corrected chi connectivity index (χ4v) is 10.9. The second-order valence-corrected chi connectivity index (χ2v) is 25.2. The van der Waals surface area contributed by atoms with Crippen LogP contribution in [0.5, 0.6) is 5.75 Å². The van der Waals surface area contributed by atoms with Crippen molar-refractivity contribution in [3.63, 3.8) is 0 Å². The summed E-state index contributed by atoms with van der Waals surface area (Å²) in [5.41, 5.74) is 3.44. The zero-order valence-electron chi connectivity index (χ0n) is 53.8. The number of epoxide rings is 1. The first-order valence-electron chi connectivity index (χ1n) is 31.6. The monoisotopic (exact) mass is 1260 g/mol. The summed E-state index contributed by atoms with van der Waals surface area (Å²) < 4.78 is 23.3. The van der Waals surface area contributed by atoms with Crippen LogP contribution in [-0.4, -0.2) is 206 Å². The van der Waals surface area contributed by atoms with E-state index >= 15 is 0 Å². The summed E-state index contributed by atoms with van der Waals surface area (Å²) in [5, 5.41) is 52.3. The van der Waals surface area contributed by atoms with E-state index in [0.717, 1.165) is 4.90 Å². The van der Waals surface area contributed by atoms with Gasteiger partial charge in [0.2, 0.25) is 23.6 Å². The lowest BCUT2D eigenvalue weighted by atomic mass is 9.88. The number of rotatable bonds is 30. The van der Waals surface area contributed by atoms with Gasteiger partial charge in [0.1, 0.15) is 29.5 Å². The number of nitrogens with one attached hydrogen (secondary N) is 3.